The molecular weight excluding hydrogens is 326 g/mol. The molecule has 2 unspecified atom stereocenters. The maximum absolute atomic E-state index is 12.5. The molecule has 5 heteroatoms. The molecule has 0 amide bonds. The summed E-state index contributed by atoms with van der Waals surface area (Å²) in [5.74, 6) is 0.619. The van der Waals surface area contributed by atoms with Crippen LogP contribution in [0, 0.1) is 5.92 Å². The first-order valence-electron chi connectivity index (χ1n) is 6.64. The third-order valence-electron chi connectivity index (χ3n) is 3.83. The van der Waals surface area contributed by atoms with E-state index in [0.29, 0.717) is 11.6 Å². The van der Waals surface area contributed by atoms with Crippen molar-refractivity contribution in [3.8, 4) is 0 Å². The van der Waals surface area contributed by atoms with Crippen molar-refractivity contribution < 1.29 is 8.42 Å². The van der Waals surface area contributed by atoms with Crippen LogP contribution in [0.3, 0.4) is 0 Å². The molecule has 1 aromatic rings. The number of anilines is 1. The summed E-state index contributed by atoms with van der Waals surface area (Å²) in [6.45, 7) is 2.14. The molecule has 2 atom stereocenters. The van der Waals surface area contributed by atoms with Crippen LogP contribution >= 0.6 is 15.9 Å². The Hall–Kier alpha value is -0.550. The summed E-state index contributed by atoms with van der Waals surface area (Å²) >= 11 is 3.39. The van der Waals surface area contributed by atoms with Crippen molar-refractivity contribution in [2.45, 2.75) is 43.6 Å². The van der Waals surface area contributed by atoms with Gasteiger partial charge in [-0.15, -0.1) is 0 Å². The van der Waals surface area contributed by atoms with E-state index < -0.39 is 9.84 Å². The van der Waals surface area contributed by atoms with Gasteiger partial charge in [0.1, 0.15) is 0 Å². The zero-order valence-corrected chi connectivity index (χ0v) is 13.5. The Bertz CT molecular complexity index is 557. The molecule has 1 fully saturated rings. The molecule has 2 rings (SSSR count). The minimum Gasteiger partial charge on any atom is -0.399 e. The van der Waals surface area contributed by atoms with Crippen molar-refractivity contribution in [3.63, 3.8) is 0 Å². The molecule has 0 heterocycles. The second-order valence-electron chi connectivity index (χ2n) is 5.55. The van der Waals surface area contributed by atoms with E-state index in [4.69, 9.17) is 5.73 Å². The monoisotopic (exact) mass is 345 g/mol. The van der Waals surface area contributed by atoms with E-state index in [-0.39, 0.29) is 11.0 Å². The highest BCUT2D eigenvalue weighted by atomic mass is 79.9. The second kappa shape index (κ2) is 5.83. The smallest absolute Gasteiger partial charge is 0.157 e. The molecule has 1 aliphatic carbocycles. The van der Waals surface area contributed by atoms with Crippen LogP contribution < -0.4 is 5.73 Å². The topological polar surface area (TPSA) is 60.2 Å². The van der Waals surface area contributed by atoms with Crippen molar-refractivity contribution in [3.05, 3.63) is 28.2 Å². The number of rotatable bonds is 3. The lowest BCUT2D eigenvalue weighted by atomic mass is 9.91. The SMILES string of the molecule is CC1CCCC(S(=O)(=O)Cc2ccc(N)cc2Br)C1. The molecule has 19 heavy (non-hydrogen) atoms. The van der Waals surface area contributed by atoms with Crippen LogP contribution in [0.25, 0.3) is 0 Å². The van der Waals surface area contributed by atoms with Gasteiger partial charge in [0.15, 0.2) is 9.84 Å². The van der Waals surface area contributed by atoms with E-state index >= 15 is 0 Å². The summed E-state index contributed by atoms with van der Waals surface area (Å²) in [5.41, 5.74) is 7.11. The van der Waals surface area contributed by atoms with Crippen molar-refractivity contribution in [1.82, 2.24) is 0 Å². The Morgan fingerprint density at radius 2 is 2.11 bits per heavy atom. The molecular formula is C14H20BrNO2S. The van der Waals surface area contributed by atoms with Gasteiger partial charge in [0.05, 0.1) is 11.0 Å². The predicted octanol–water partition coefficient (Wildman–Crippen LogP) is 3.52. The summed E-state index contributed by atoms with van der Waals surface area (Å²) < 4.78 is 25.7. The summed E-state index contributed by atoms with van der Waals surface area (Å²) in [4.78, 5) is 0. The Morgan fingerprint density at radius 1 is 1.37 bits per heavy atom. The number of hydrogen-bond acceptors (Lipinski definition) is 3. The van der Waals surface area contributed by atoms with Gasteiger partial charge in [-0.1, -0.05) is 41.8 Å². The molecule has 0 radical (unpaired) electrons. The fourth-order valence-electron chi connectivity index (χ4n) is 2.72. The van der Waals surface area contributed by atoms with Crippen LogP contribution in [0.2, 0.25) is 0 Å². The fraction of sp³-hybridized carbons (Fsp3) is 0.571. The minimum absolute atomic E-state index is 0.102. The molecule has 1 saturated carbocycles. The molecule has 1 aliphatic rings. The fourth-order valence-corrected chi connectivity index (χ4v) is 5.51. The zero-order valence-electron chi connectivity index (χ0n) is 11.1. The largest absolute Gasteiger partial charge is 0.399 e. The highest BCUT2D eigenvalue weighted by Crippen LogP contribution is 2.31. The number of hydrogen-bond donors (Lipinski definition) is 1. The number of sulfone groups is 1. The van der Waals surface area contributed by atoms with Crippen LogP contribution in [0.4, 0.5) is 5.69 Å². The first-order chi connectivity index (χ1) is 8.88. The van der Waals surface area contributed by atoms with Crippen LogP contribution in [-0.4, -0.2) is 13.7 Å². The Morgan fingerprint density at radius 3 is 2.74 bits per heavy atom. The molecule has 106 valence electrons. The average molecular weight is 346 g/mol. The maximum atomic E-state index is 12.5. The number of benzene rings is 1. The lowest BCUT2D eigenvalue weighted by Crippen LogP contribution is -2.28. The van der Waals surface area contributed by atoms with E-state index in [2.05, 4.69) is 22.9 Å². The molecule has 3 nitrogen and oxygen atoms in total. The van der Waals surface area contributed by atoms with E-state index in [1.165, 1.54) is 0 Å². The maximum Gasteiger partial charge on any atom is 0.157 e. The van der Waals surface area contributed by atoms with Crippen LogP contribution in [0.1, 0.15) is 38.2 Å². The first-order valence-corrected chi connectivity index (χ1v) is 9.15. The van der Waals surface area contributed by atoms with Gasteiger partial charge >= 0.3 is 0 Å². The highest BCUT2D eigenvalue weighted by molar-refractivity contribution is 9.10. The molecule has 0 spiro atoms. The normalized spacial score (nSPS) is 24.3. The second-order valence-corrected chi connectivity index (χ2v) is 8.69. The quantitative estimate of drug-likeness (QED) is 0.852. The summed E-state index contributed by atoms with van der Waals surface area (Å²) in [5, 5.41) is -0.180. The molecule has 0 saturated heterocycles. The van der Waals surface area contributed by atoms with Gasteiger partial charge in [0.25, 0.3) is 0 Å². The average Bonchev–Trinajstić information content (AvgIpc) is 2.33. The van der Waals surface area contributed by atoms with Gasteiger partial charge in [0.2, 0.25) is 0 Å². The Kier molecular flexibility index (Phi) is 4.56. The van der Waals surface area contributed by atoms with Gasteiger partial charge in [-0.3, -0.25) is 0 Å². The zero-order chi connectivity index (χ0) is 14.0. The summed E-state index contributed by atoms with van der Waals surface area (Å²) in [6, 6.07) is 5.30. The minimum atomic E-state index is -3.08. The van der Waals surface area contributed by atoms with Crippen LogP contribution in [0.15, 0.2) is 22.7 Å². The van der Waals surface area contributed by atoms with Crippen LogP contribution in [-0.2, 0) is 15.6 Å². The predicted molar refractivity (Wildman–Crippen MR) is 82.6 cm³/mol. The third-order valence-corrected chi connectivity index (χ3v) is 6.73. The van der Waals surface area contributed by atoms with Gasteiger partial charge < -0.3 is 5.73 Å². The standard InChI is InChI=1S/C14H20BrNO2S/c1-10-3-2-4-13(7-10)19(17,18)9-11-5-6-12(16)8-14(11)15/h5-6,8,10,13H,2-4,7,9,16H2,1H3. The van der Waals surface area contributed by atoms with Crippen molar-refractivity contribution in [2.24, 2.45) is 5.92 Å². The lowest BCUT2D eigenvalue weighted by molar-refractivity contribution is 0.382. The summed E-state index contributed by atoms with van der Waals surface area (Å²) in [6.07, 6.45) is 3.78. The van der Waals surface area contributed by atoms with Gasteiger partial charge in [-0.2, -0.15) is 0 Å². The molecule has 2 N–H and O–H groups in total. The Labute approximate surface area is 123 Å². The molecule has 0 aliphatic heterocycles. The number of nitrogens with two attached hydrogens (primary N) is 1. The Balaban J connectivity index is 2.16. The van der Waals surface area contributed by atoms with E-state index in [9.17, 15) is 8.42 Å². The lowest BCUT2D eigenvalue weighted by Gasteiger charge is -2.26. The third kappa shape index (κ3) is 3.72. The van der Waals surface area contributed by atoms with Gasteiger partial charge in [-0.25, -0.2) is 8.42 Å². The van der Waals surface area contributed by atoms with Crippen molar-refractivity contribution in [1.29, 1.82) is 0 Å². The molecule has 0 bridgehead atoms. The first kappa shape index (κ1) is 14.9. The van der Waals surface area contributed by atoms with Crippen molar-refractivity contribution in [2.75, 3.05) is 5.73 Å². The van der Waals surface area contributed by atoms with E-state index in [0.717, 1.165) is 35.7 Å². The number of nitrogen functional groups attached to an aromatic ring is 1. The van der Waals surface area contributed by atoms with E-state index in [1.807, 2.05) is 0 Å². The van der Waals surface area contributed by atoms with E-state index in [1.54, 1.807) is 18.2 Å². The summed E-state index contributed by atoms with van der Waals surface area (Å²) in [7, 11) is -3.08. The van der Waals surface area contributed by atoms with Crippen LogP contribution in [0.5, 0.6) is 0 Å². The molecule has 1 aromatic carbocycles. The van der Waals surface area contributed by atoms with Gasteiger partial charge in [-0.05, 0) is 36.5 Å². The molecule has 0 aromatic heterocycles. The number of halogens is 1. The highest BCUT2D eigenvalue weighted by Gasteiger charge is 2.30. The van der Waals surface area contributed by atoms with Crippen molar-refractivity contribution >= 4 is 31.5 Å². The van der Waals surface area contributed by atoms with Gasteiger partial charge in [0, 0.05) is 10.2 Å².